The molecule has 7 unspecified atom stereocenters. The Balaban J connectivity index is 1.36. The van der Waals surface area contributed by atoms with E-state index in [1.165, 1.54) is 231 Å². The standard InChI is InChI=1S/C53H97BN2/c1-2-6-16-26-36-45(35-25-15-5-1)55-49-41-31-21-13-11-19-29-39-47(49)54-48-40-30-20-12-14-22-32-42-50(48)56(46-37-27-17-9-10-18-28-38-46)52-44-34-24-8-4-3-7-23-33-43-51(55)53(52)54/h45-53H,1-44H2. The molecule has 7 rings (SSSR count). The van der Waals surface area contributed by atoms with Gasteiger partial charge >= 0.3 is 0 Å². The third kappa shape index (κ3) is 12.3. The zero-order valence-corrected chi connectivity index (χ0v) is 37.8. The fourth-order valence-electron chi connectivity index (χ4n) is 15.6. The molecule has 7 fully saturated rings. The van der Waals surface area contributed by atoms with E-state index in [2.05, 4.69) is 9.80 Å². The van der Waals surface area contributed by atoms with Gasteiger partial charge in [0.2, 0.25) is 0 Å². The molecule has 7 atom stereocenters. The van der Waals surface area contributed by atoms with Crippen molar-refractivity contribution in [3.8, 4) is 0 Å². The highest BCUT2D eigenvalue weighted by molar-refractivity contribution is 6.65. The van der Waals surface area contributed by atoms with Crippen molar-refractivity contribution in [1.82, 2.24) is 9.80 Å². The predicted molar refractivity (Wildman–Crippen MR) is 247 cm³/mol. The van der Waals surface area contributed by atoms with E-state index in [0.29, 0.717) is 0 Å². The van der Waals surface area contributed by atoms with Crippen LogP contribution < -0.4 is 0 Å². The first-order valence-electron chi connectivity index (χ1n) is 27.5. The van der Waals surface area contributed by atoms with Crippen molar-refractivity contribution < 1.29 is 0 Å². The van der Waals surface area contributed by atoms with Crippen LogP contribution in [-0.4, -0.2) is 52.8 Å². The van der Waals surface area contributed by atoms with E-state index in [4.69, 9.17) is 0 Å². The zero-order chi connectivity index (χ0) is 38.0. The Morgan fingerprint density at radius 2 is 0.429 bits per heavy atom. The van der Waals surface area contributed by atoms with Crippen LogP contribution in [0.4, 0.5) is 0 Å². The van der Waals surface area contributed by atoms with Crippen molar-refractivity contribution in [3.63, 3.8) is 0 Å². The zero-order valence-electron chi connectivity index (χ0n) is 37.8. The summed E-state index contributed by atoms with van der Waals surface area (Å²) in [4.78, 5) is 7.13. The van der Waals surface area contributed by atoms with Gasteiger partial charge in [0.25, 0.3) is 0 Å². The minimum absolute atomic E-state index is 0.861. The number of hydrogen-bond donors (Lipinski definition) is 0. The Morgan fingerprint density at radius 1 is 0.214 bits per heavy atom. The van der Waals surface area contributed by atoms with Crippen molar-refractivity contribution in [2.45, 2.75) is 336 Å². The van der Waals surface area contributed by atoms with Gasteiger partial charge in [0.15, 0.2) is 6.71 Å². The van der Waals surface area contributed by atoms with Crippen molar-refractivity contribution in [2.75, 3.05) is 0 Å². The maximum absolute atomic E-state index is 3.57. The molecule has 7 aliphatic rings. The first-order valence-corrected chi connectivity index (χ1v) is 27.5. The molecule has 5 aliphatic carbocycles. The molecule has 2 aliphatic heterocycles. The average Bonchev–Trinajstić information content (AvgIpc) is 3.32. The van der Waals surface area contributed by atoms with Crippen LogP contribution in [-0.2, 0) is 0 Å². The number of nitrogens with zero attached hydrogens (tertiary/aromatic N) is 2. The molecule has 0 spiro atoms. The van der Waals surface area contributed by atoms with E-state index in [9.17, 15) is 0 Å². The second kappa shape index (κ2) is 25.0. The molecule has 2 nitrogen and oxygen atoms in total. The summed E-state index contributed by atoms with van der Waals surface area (Å²) in [5.41, 5.74) is 0. The fourth-order valence-corrected chi connectivity index (χ4v) is 15.6. The lowest BCUT2D eigenvalue weighted by Crippen LogP contribution is -2.72. The van der Waals surface area contributed by atoms with E-state index < -0.39 is 0 Å². The van der Waals surface area contributed by atoms with Gasteiger partial charge in [0.1, 0.15) is 0 Å². The molecule has 0 N–H and O–H groups in total. The van der Waals surface area contributed by atoms with Crippen molar-refractivity contribution in [3.05, 3.63) is 0 Å². The topological polar surface area (TPSA) is 6.48 Å². The maximum Gasteiger partial charge on any atom is 0.156 e. The van der Waals surface area contributed by atoms with Crippen LogP contribution >= 0.6 is 0 Å². The lowest BCUT2D eigenvalue weighted by molar-refractivity contribution is -0.0299. The van der Waals surface area contributed by atoms with Gasteiger partial charge in [-0.05, 0) is 68.8 Å². The van der Waals surface area contributed by atoms with Crippen LogP contribution in [0.2, 0.25) is 17.5 Å². The van der Waals surface area contributed by atoms with Crippen LogP contribution in [0.25, 0.3) is 0 Å². The quantitative estimate of drug-likeness (QED) is 0.258. The van der Waals surface area contributed by atoms with Gasteiger partial charge in [-0.3, -0.25) is 9.80 Å². The molecule has 322 valence electrons. The summed E-state index contributed by atoms with van der Waals surface area (Å²) in [6.45, 7) is 1.01. The SMILES string of the molecule is C1CCCCCC(N2C3CCCCCCCCC3B3C4CCCCCCCCC4N(C4CCCCCCCC4)C4CCCCCCCCCCC2C34)CCCC1. The Bertz CT molecular complexity index is 1010. The summed E-state index contributed by atoms with van der Waals surface area (Å²) in [5, 5.41) is 0. The van der Waals surface area contributed by atoms with E-state index in [-0.39, 0.29) is 0 Å². The van der Waals surface area contributed by atoms with Crippen molar-refractivity contribution in [2.24, 2.45) is 0 Å². The minimum Gasteiger partial charge on any atom is -0.295 e. The van der Waals surface area contributed by atoms with E-state index in [0.717, 1.165) is 60.4 Å². The van der Waals surface area contributed by atoms with E-state index in [1.807, 2.05) is 0 Å². The van der Waals surface area contributed by atoms with Gasteiger partial charge in [0, 0.05) is 36.3 Å². The Labute approximate surface area is 351 Å². The van der Waals surface area contributed by atoms with Crippen LogP contribution in [0.5, 0.6) is 0 Å². The predicted octanol–water partition coefficient (Wildman–Crippen LogP) is 16.7. The Kier molecular flexibility index (Phi) is 19.7. The largest absolute Gasteiger partial charge is 0.295 e. The molecule has 5 saturated carbocycles. The summed E-state index contributed by atoms with van der Waals surface area (Å²) < 4.78 is 0. The van der Waals surface area contributed by atoms with Gasteiger partial charge in [-0.15, -0.1) is 0 Å². The van der Waals surface area contributed by atoms with E-state index in [1.54, 1.807) is 51.4 Å². The summed E-state index contributed by atoms with van der Waals surface area (Å²) in [6.07, 6.45) is 67.1. The lowest BCUT2D eigenvalue weighted by atomic mass is 9.19. The van der Waals surface area contributed by atoms with Crippen LogP contribution in [0.1, 0.15) is 283 Å². The number of hydrogen-bond acceptors (Lipinski definition) is 2. The molecule has 2 saturated heterocycles. The number of rotatable bonds is 2. The van der Waals surface area contributed by atoms with Crippen LogP contribution in [0, 0.1) is 0 Å². The second-order valence-corrected chi connectivity index (χ2v) is 21.9. The van der Waals surface area contributed by atoms with Gasteiger partial charge in [-0.2, -0.15) is 0 Å². The van der Waals surface area contributed by atoms with E-state index >= 15 is 0 Å². The smallest absolute Gasteiger partial charge is 0.156 e. The first kappa shape index (κ1) is 44.1. The second-order valence-electron chi connectivity index (χ2n) is 21.9. The normalized spacial score (nSPS) is 36.9. The third-order valence-corrected chi connectivity index (χ3v) is 18.2. The molecule has 0 aromatic rings. The molecule has 3 heteroatoms. The summed E-state index contributed by atoms with van der Waals surface area (Å²) in [5.74, 6) is 2.89. The van der Waals surface area contributed by atoms with Crippen LogP contribution in [0.3, 0.4) is 0 Å². The molecule has 2 heterocycles. The highest BCUT2D eigenvalue weighted by Crippen LogP contribution is 2.59. The molecule has 0 aromatic carbocycles. The molecular weight excluding hydrogens is 675 g/mol. The monoisotopic (exact) mass is 773 g/mol. The molecule has 0 aromatic heterocycles. The van der Waals surface area contributed by atoms with Gasteiger partial charge in [-0.1, -0.05) is 231 Å². The fraction of sp³-hybridized carbons (Fsp3) is 1.00. The third-order valence-electron chi connectivity index (χ3n) is 18.2. The molecule has 0 bridgehead atoms. The molecule has 56 heavy (non-hydrogen) atoms. The van der Waals surface area contributed by atoms with Crippen LogP contribution in [0.15, 0.2) is 0 Å². The summed E-state index contributed by atoms with van der Waals surface area (Å²) in [6, 6.07) is 5.24. The average molecular weight is 773 g/mol. The molecule has 0 amide bonds. The molecular formula is C53H97BN2. The lowest BCUT2D eigenvalue weighted by Gasteiger charge is -2.66. The molecule has 0 radical (unpaired) electrons. The van der Waals surface area contributed by atoms with Crippen molar-refractivity contribution in [1.29, 1.82) is 0 Å². The van der Waals surface area contributed by atoms with Gasteiger partial charge < -0.3 is 0 Å². The highest BCUT2D eigenvalue weighted by atomic mass is 15.3. The van der Waals surface area contributed by atoms with Gasteiger partial charge in [0.05, 0.1) is 0 Å². The number of fused-ring (bicyclic) bond motifs is 4. The maximum atomic E-state index is 3.57. The minimum atomic E-state index is 0.861. The summed E-state index contributed by atoms with van der Waals surface area (Å²) >= 11 is 0. The van der Waals surface area contributed by atoms with Gasteiger partial charge in [-0.25, -0.2) is 0 Å². The van der Waals surface area contributed by atoms with Crippen molar-refractivity contribution >= 4 is 6.71 Å². The summed E-state index contributed by atoms with van der Waals surface area (Å²) in [7, 11) is 0. The highest BCUT2D eigenvalue weighted by Gasteiger charge is 2.61. The Hall–Kier alpha value is -0.0151. The Morgan fingerprint density at radius 3 is 0.714 bits per heavy atom. The first-order chi connectivity index (χ1) is 27.9.